The second kappa shape index (κ2) is 8.70. The van der Waals surface area contributed by atoms with Crippen molar-refractivity contribution in [3.63, 3.8) is 0 Å². The SMILES string of the molecule is O=C(CC[C@]1(Cc2ccc3ccccc3c2)CCC(=O)N1)NCc1cc2cc(F)ccc2[nH]1. The quantitative estimate of drug-likeness (QED) is 0.386. The molecule has 1 aliphatic heterocycles. The second-order valence-electron chi connectivity index (χ2n) is 8.99. The van der Waals surface area contributed by atoms with Crippen molar-refractivity contribution < 1.29 is 14.0 Å². The molecule has 3 N–H and O–H groups in total. The number of aromatic amines is 1. The molecule has 2 amide bonds. The molecule has 6 heteroatoms. The van der Waals surface area contributed by atoms with Gasteiger partial charge in [-0.2, -0.15) is 0 Å². The molecular formula is C27H26FN3O2. The average Bonchev–Trinajstić information content (AvgIpc) is 3.39. The summed E-state index contributed by atoms with van der Waals surface area (Å²) in [5, 5.41) is 9.23. The number of fused-ring (bicyclic) bond motifs is 2. The van der Waals surface area contributed by atoms with Gasteiger partial charge in [0.15, 0.2) is 0 Å². The average molecular weight is 444 g/mol. The van der Waals surface area contributed by atoms with Crippen LogP contribution in [0.4, 0.5) is 4.39 Å². The number of hydrogen-bond acceptors (Lipinski definition) is 2. The molecule has 1 atom stereocenters. The minimum atomic E-state index is -0.407. The summed E-state index contributed by atoms with van der Waals surface area (Å²) in [6.07, 6.45) is 2.81. The lowest BCUT2D eigenvalue weighted by Gasteiger charge is -2.29. The maximum atomic E-state index is 13.4. The van der Waals surface area contributed by atoms with Gasteiger partial charge in [0, 0.05) is 35.0 Å². The zero-order valence-corrected chi connectivity index (χ0v) is 18.3. The zero-order chi connectivity index (χ0) is 22.8. The van der Waals surface area contributed by atoms with Gasteiger partial charge in [-0.05, 0) is 59.9 Å². The molecule has 2 heterocycles. The van der Waals surface area contributed by atoms with Gasteiger partial charge in [0.1, 0.15) is 5.82 Å². The third kappa shape index (κ3) is 4.75. The van der Waals surface area contributed by atoms with Crippen LogP contribution in [-0.2, 0) is 22.6 Å². The number of nitrogens with one attached hydrogen (secondary N) is 3. The third-order valence-electron chi connectivity index (χ3n) is 6.54. The fraction of sp³-hybridized carbons (Fsp3) is 0.259. The predicted octanol–water partition coefficient (Wildman–Crippen LogP) is 4.75. The molecule has 0 spiro atoms. The second-order valence-corrected chi connectivity index (χ2v) is 8.99. The first kappa shape index (κ1) is 21.2. The van der Waals surface area contributed by atoms with Crippen LogP contribution in [0.5, 0.6) is 0 Å². The fourth-order valence-electron chi connectivity index (χ4n) is 4.82. The number of aromatic nitrogens is 1. The van der Waals surface area contributed by atoms with E-state index in [0.717, 1.165) is 28.6 Å². The lowest BCUT2D eigenvalue weighted by atomic mass is 9.84. The van der Waals surface area contributed by atoms with E-state index in [-0.39, 0.29) is 17.6 Å². The Kier molecular flexibility index (Phi) is 5.58. The van der Waals surface area contributed by atoms with Gasteiger partial charge in [0.05, 0.1) is 6.54 Å². The van der Waals surface area contributed by atoms with Crippen LogP contribution < -0.4 is 10.6 Å². The number of H-pyrrole nitrogens is 1. The molecule has 5 nitrogen and oxygen atoms in total. The van der Waals surface area contributed by atoms with E-state index in [1.54, 1.807) is 6.07 Å². The van der Waals surface area contributed by atoms with Crippen LogP contribution in [0, 0.1) is 5.82 Å². The highest BCUT2D eigenvalue weighted by atomic mass is 19.1. The Morgan fingerprint density at radius 2 is 1.85 bits per heavy atom. The van der Waals surface area contributed by atoms with E-state index in [1.807, 2.05) is 18.2 Å². The van der Waals surface area contributed by atoms with Crippen molar-refractivity contribution in [3.8, 4) is 0 Å². The summed E-state index contributed by atoms with van der Waals surface area (Å²) in [5.74, 6) is -0.312. The largest absolute Gasteiger partial charge is 0.357 e. The number of hydrogen-bond donors (Lipinski definition) is 3. The van der Waals surface area contributed by atoms with E-state index in [9.17, 15) is 14.0 Å². The van der Waals surface area contributed by atoms with E-state index in [1.165, 1.54) is 22.9 Å². The van der Waals surface area contributed by atoms with E-state index in [0.29, 0.717) is 32.2 Å². The summed E-state index contributed by atoms with van der Waals surface area (Å²) in [6, 6.07) is 21.0. The summed E-state index contributed by atoms with van der Waals surface area (Å²) in [7, 11) is 0. The first-order valence-electron chi connectivity index (χ1n) is 11.3. The molecule has 3 aromatic carbocycles. The Morgan fingerprint density at radius 1 is 1.00 bits per heavy atom. The van der Waals surface area contributed by atoms with Gasteiger partial charge in [-0.3, -0.25) is 9.59 Å². The van der Waals surface area contributed by atoms with Crippen LogP contribution in [0.1, 0.15) is 36.9 Å². The minimum Gasteiger partial charge on any atom is -0.357 e. The van der Waals surface area contributed by atoms with Crippen molar-refractivity contribution in [3.05, 3.63) is 83.8 Å². The van der Waals surface area contributed by atoms with Crippen LogP contribution >= 0.6 is 0 Å². The van der Waals surface area contributed by atoms with Crippen LogP contribution in [0.25, 0.3) is 21.7 Å². The van der Waals surface area contributed by atoms with Gasteiger partial charge in [0.2, 0.25) is 11.8 Å². The lowest BCUT2D eigenvalue weighted by molar-refractivity contribution is -0.122. The molecule has 1 aromatic heterocycles. The number of halogens is 1. The topological polar surface area (TPSA) is 74.0 Å². The first-order chi connectivity index (χ1) is 16.0. The highest BCUT2D eigenvalue weighted by molar-refractivity contribution is 5.84. The van der Waals surface area contributed by atoms with Gasteiger partial charge in [-0.25, -0.2) is 4.39 Å². The normalized spacial score (nSPS) is 18.0. The number of carbonyl (C=O) groups is 2. The van der Waals surface area contributed by atoms with Crippen LogP contribution in [0.2, 0.25) is 0 Å². The fourth-order valence-corrected chi connectivity index (χ4v) is 4.82. The Morgan fingerprint density at radius 3 is 2.67 bits per heavy atom. The van der Waals surface area contributed by atoms with Crippen molar-refractivity contribution in [2.75, 3.05) is 0 Å². The molecule has 4 aromatic rings. The van der Waals surface area contributed by atoms with E-state index >= 15 is 0 Å². The molecule has 1 fully saturated rings. The van der Waals surface area contributed by atoms with Gasteiger partial charge >= 0.3 is 0 Å². The van der Waals surface area contributed by atoms with E-state index in [4.69, 9.17) is 0 Å². The van der Waals surface area contributed by atoms with Crippen molar-refractivity contribution in [2.24, 2.45) is 0 Å². The molecule has 5 rings (SSSR count). The van der Waals surface area contributed by atoms with E-state index < -0.39 is 5.54 Å². The first-order valence-corrected chi connectivity index (χ1v) is 11.3. The highest BCUT2D eigenvalue weighted by Crippen LogP contribution is 2.30. The number of rotatable bonds is 7. The molecule has 1 aliphatic rings. The van der Waals surface area contributed by atoms with Crippen LogP contribution in [-0.4, -0.2) is 22.3 Å². The number of carbonyl (C=O) groups excluding carboxylic acids is 2. The molecule has 1 saturated heterocycles. The Bertz CT molecular complexity index is 1350. The van der Waals surface area contributed by atoms with E-state index in [2.05, 4.69) is 45.9 Å². The lowest BCUT2D eigenvalue weighted by Crippen LogP contribution is -2.44. The maximum absolute atomic E-state index is 13.4. The predicted molar refractivity (Wildman–Crippen MR) is 127 cm³/mol. The smallest absolute Gasteiger partial charge is 0.220 e. The van der Waals surface area contributed by atoms with Crippen molar-refractivity contribution in [2.45, 2.75) is 44.2 Å². The maximum Gasteiger partial charge on any atom is 0.220 e. The summed E-state index contributed by atoms with van der Waals surface area (Å²) in [4.78, 5) is 27.9. The summed E-state index contributed by atoms with van der Waals surface area (Å²) >= 11 is 0. The van der Waals surface area contributed by atoms with Crippen molar-refractivity contribution >= 4 is 33.5 Å². The molecule has 33 heavy (non-hydrogen) atoms. The standard InChI is InChI=1S/C27H26FN3O2/c28-22-7-8-24-21(14-22)15-23(30-24)17-29-25(32)9-11-27(12-10-26(33)31-27)16-18-5-6-19-3-1-2-4-20(19)13-18/h1-8,13-15,30H,9-12,16-17H2,(H,29,32)(H,31,33)/t27-/m1/s1. The molecule has 0 unspecified atom stereocenters. The van der Waals surface area contributed by atoms with Crippen molar-refractivity contribution in [1.82, 2.24) is 15.6 Å². The van der Waals surface area contributed by atoms with Gasteiger partial charge in [0.25, 0.3) is 0 Å². The molecule has 168 valence electrons. The third-order valence-corrected chi connectivity index (χ3v) is 6.54. The Hall–Kier alpha value is -3.67. The number of amides is 2. The van der Waals surface area contributed by atoms with Gasteiger partial charge in [-0.15, -0.1) is 0 Å². The van der Waals surface area contributed by atoms with Crippen LogP contribution in [0.15, 0.2) is 66.7 Å². The monoisotopic (exact) mass is 443 g/mol. The number of benzene rings is 3. The summed E-state index contributed by atoms with van der Waals surface area (Å²) in [5.41, 5.74) is 2.41. The minimum absolute atomic E-state index is 0.0431. The van der Waals surface area contributed by atoms with Gasteiger partial charge < -0.3 is 15.6 Å². The Balaban J connectivity index is 1.22. The molecule has 0 bridgehead atoms. The Labute approximate surface area is 191 Å². The van der Waals surface area contributed by atoms with Gasteiger partial charge in [-0.1, -0.05) is 42.5 Å². The summed E-state index contributed by atoms with van der Waals surface area (Å²) < 4.78 is 13.4. The molecule has 0 radical (unpaired) electrons. The highest BCUT2D eigenvalue weighted by Gasteiger charge is 2.37. The molecule has 0 aliphatic carbocycles. The van der Waals surface area contributed by atoms with Crippen LogP contribution in [0.3, 0.4) is 0 Å². The molecule has 0 saturated carbocycles. The summed E-state index contributed by atoms with van der Waals surface area (Å²) in [6.45, 7) is 0.346. The van der Waals surface area contributed by atoms with Crippen molar-refractivity contribution in [1.29, 1.82) is 0 Å². The molecular weight excluding hydrogens is 417 g/mol. The zero-order valence-electron chi connectivity index (χ0n) is 18.3.